The van der Waals surface area contributed by atoms with E-state index in [0.717, 1.165) is 0 Å². The molecule has 0 saturated carbocycles. The summed E-state index contributed by atoms with van der Waals surface area (Å²) in [6, 6.07) is 0. The number of hydrogen-bond donors (Lipinski definition) is 1. The van der Waals surface area contributed by atoms with Crippen molar-refractivity contribution in [2.75, 3.05) is 18.5 Å². The highest BCUT2D eigenvalue weighted by molar-refractivity contribution is 6.29. The molecule has 5 nitrogen and oxygen atoms in total. The van der Waals surface area contributed by atoms with E-state index in [1.807, 2.05) is 6.92 Å². The molecule has 0 atom stereocenters. The van der Waals surface area contributed by atoms with Crippen LogP contribution in [0.3, 0.4) is 0 Å². The number of carbonyl (C=O) groups excluding carboxylic acids is 1. The third kappa shape index (κ3) is 4.71. The summed E-state index contributed by atoms with van der Waals surface area (Å²) < 4.78 is 5.04. The van der Waals surface area contributed by atoms with Crippen LogP contribution >= 0.6 is 11.6 Å². The van der Waals surface area contributed by atoms with E-state index in [0.29, 0.717) is 25.5 Å². The van der Waals surface area contributed by atoms with Crippen LogP contribution in [0.15, 0.2) is 12.4 Å². The number of ether oxygens (including phenoxy) is 1. The van der Waals surface area contributed by atoms with Crippen LogP contribution in [0.2, 0.25) is 5.15 Å². The normalized spacial score (nSPS) is 10.0. The van der Waals surface area contributed by atoms with Gasteiger partial charge in [0.1, 0.15) is 5.15 Å². The van der Waals surface area contributed by atoms with E-state index < -0.39 is 0 Å². The number of halogens is 1. The van der Waals surface area contributed by atoms with Gasteiger partial charge in [-0.05, 0) is 6.92 Å². The minimum atomic E-state index is -0.167. The number of hydrogen-bond acceptors (Lipinski definition) is 4. The Morgan fingerprint density at radius 2 is 2.40 bits per heavy atom. The molecule has 0 aliphatic rings. The second-order valence-electron chi connectivity index (χ2n) is 2.72. The van der Waals surface area contributed by atoms with E-state index in [1.165, 1.54) is 12.4 Å². The summed E-state index contributed by atoms with van der Waals surface area (Å²) in [5.74, 6) is 0.184. The molecule has 0 aliphatic carbocycles. The molecule has 1 aromatic rings. The van der Waals surface area contributed by atoms with Crippen LogP contribution in [-0.2, 0) is 9.53 Å². The fourth-order valence-electron chi connectivity index (χ4n) is 0.917. The molecule has 1 rings (SSSR count). The van der Waals surface area contributed by atoms with Crippen molar-refractivity contribution in [1.29, 1.82) is 0 Å². The first-order valence-corrected chi connectivity index (χ1v) is 4.95. The van der Waals surface area contributed by atoms with Crippen LogP contribution in [0.4, 0.5) is 5.82 Å². The molecule has 1 aromatic heterocycles. The molecule has 0 aromatic carbocycles. The molecule has 0 saturated heterocycles. The molecule has 15 heavy (non-hydrogen) atoms. The molecule has 1 heterocycles. The largest absolute Gasteiger partial charge is 0.381 e. The van der Waals surface area contributed by atoms with Crippen molar-refractivity contribution in [2.24, 2.45) is 0 Å². The molecule has 0 fully saturated rings. The minimum Gasteiger partial charge on any atom is -0.381 e. The summed E-state index contributed by atoms with van der Waals surface area (Å²) in [7, 11) is 0. The van der Waals surface area contributed by atoms with Gasteiger partial charge in [0.2, 0.25) is 5.91 Å². The lowest BCUT2D eigenvalue weighted by Crippen LogP contribution is -2.15. The Kier molecular flexibility index (Phi) is 5.00. The Morgan fingerprint density at radius 1 is 1.60 bits per heavy atom. The monoisotopic (exact) mass is 229 g/mol. The van der Waals surface area contributed by atoms with Crippen molar-refractivity contribution in [3.63, 3.8) is 0 Å². The lowest BCUT2D eigenvalue weighted by Gasteiger charge is -2.03. The Balaban J connectivity index is 2.37. The first kappa shape index (κ1) is 11.9. The van der Waals surface area contributed by atoms with Gasteiger partial charge in [0, 0.05) is 6.61 Å². The van der Waals surface area contributed by atoms with E-state index in [2.05, 4.69) is 15.3 Å². The predicted molar refractivity (Wildman–Crippen MR) is 56.8 cm³/mol. The molecule has 0 bridgehead atoms. The second-order valence-corrected chi connectivity index (χ2v) is 3.11. The van der Waals surface area contributed by atoms with E-state index in [9.17, 15) is 4.79 Å². The Hall–Kier alpha value is -1.20. The van der Waals surface area contributed by atoms with Gasteiger partial charge in [0.25, 0.3) is 0 Å². The number of nitrogens with one attached hydrogen (secondary N) is 1. The molecule has 1 amide bonds. The van der Waals surface area contributed by atoms with Crippen molar-refractivity contribution in [1.82, 2.24) is 9.97 Å². The number of aromatic nitrogens is 2. The topological polar surface area (TPSA) is 64.1 Å². The van der Waals surface area contributed by atoms with Gasteiger partial charge in [-0.3, -0.25) is 9.78 Å². The van der Waals surface area contributed by atoms with Gasteiger partial charge < -0.3 is 10.1 Å². The highest BCUT2D eigenvalue weighted by Gasteiger charge is 2.03. The van der Waals surface area contributed by atoms with Gasteiger partial charge in [0.05, 0.1) is 25.4 Å². The summed E-state index contributed by atoms with van der Waals surface area (Å²) in [6.07, 6.45) is 3.13. The number of carbonyl (C=O) groups is 1. The number of anilines is 1. The Morgan fingerprint density at radius 3 is 3.07 bits per heavy atom. The van der Waals surface area contributed by atoms with Gasteiger partial charge >= 0.3 is 0 Å². The molecular formula is C9H12ClN3O2. The van der Waals surface area contributed by atoms with Gasteiger partial charge in [-0.15, -0.1) is 0 Å². The lowest BCUT2D eigenvalue weighted by atomic mass is 10.4. The molecule has 0 spiro atoms. The predicted octanol–water partition coefficient (Wildman–Crippen LogP) is 1.50. The van der Waals surface area contributed by atoms with Crippen molar-refractivity contribution < 1.29 is 9.53 Å². The fourth-order valence-corrected chi connectivity index (χ4v) is 1.06. The van der Waals surface area contributed by atoms with E-state index in [-0.39, 0.29) is 11.1 Å². The SMILES string of the molecule is CCOCCC(=O)Nc1cncc(Cl)n1. The maximum atomic E-state index is 11.3. The van der Waals surface area contributed by atoms with Crippen LogP contribution in [-0.4, -0.2) is 29.1 Å². The maximum absolute atomic E-state index is 11.3. The zero-order chi connectivity index (χ0) is 11.1. The molecule has 0 radical (unpaired) electrons. The maximum Gasteiger partial charge on any atom is 0.227 e. The average molecular weight is 230 g/mol. The molecule has 6 heteroatoms. The van der Waals surface area contributed by atoms with Crippen LogP contribution in [0.25, 0.3) is 0 Å². The zero-order valence-corrected chi connectivity index (χ0v) is 9.12. The van der Waals surface area contributed by atoms with Crippen molar-refractivity contribution in [3.8, 4) is 0 Å². The summed E-state index contributed by atoms with van der Waals surface area (Å²) in [5, 5.41) is 2.81. The van der Waals surface area contributed by atoms with Crippen molar-refractivity contribution in [2.45, 2.75) is 13.3 Å². The standard InChI is InChI=1S/C9H12ClN3O2/c1-2-15-4-3-9(14)13-8-6-11-5-7(10)12-8/h5-6H,2-4H2,1H3,(H,12,13,14). The van der Waals surface area contributed by atoms with Crippen LogP contribution < -0.4 is 5.32 Å². The Bertz CT molecular complexity index is 333. The summed E-state index contributed by atoms with van der Waals surface area (Å²) in [6.45, 7) is 2.88. The highest BCUT2D eigenvalue weighted by Crippen LogP contribution is 2.06. The highest BCUT2D eigenvalue weighted by atomic mass is 35.5. The van der Waals surface area contributed by atoms with Crippen LogP contribution in [0, 0.1) is 0 Å². The van der Waals surface area contributed by atoms with E-state index in [1.54, 1.807) is 0 Å². The third-order valence-corrected chi connectivity index (χ3v) is 1.73. The number of nitrogens with zero attached hydrogens (tertiary/aromatic N) is 2. The lowest BCUT2D eigenvalue weighted by molar-refractivity contribution is -0.117. The van der Waals surface area contributed by atoms with Gasteiger partial charge in [0.15, 0.2) is 5.82 Å². The number of amides is 1. The average Bonchev–Trinajstić information content (AvgIpc) is 2.18. The van der Waals surface area contributed by atoms with Crippen molar-refractivity contribution >= 4 is 23.3 Å². The fraction of sp³-hybridized carbons (Fsp3) is 0.444. The molecule has 0 unspecified atom stereocenters. The minimum absolute atomic E-state index is 0.167. The molecular weight excluding hydrogens is 218 g/mol. The van der Waals surface area contributed by atoms with E-state index >= 15 is 0 Å². The van der Waals surface area contributed by atoms with Gasteiger partial charge in [-0.25, -0.2) is 4.98 Å². The quantitative estimate of drug-likeness (QED) is 0.777. The van der Waals surface area contributed by atoms with Gasteiger partial charge in [-0.1, -0.05) is 11.6 Å². The van der Waals surface area contributed by atoms with E-state index in [4.69, 9.17) is 16.3 Å². The summed E-state index contributed by atoms with van der Waals surface area (Å²) in [5.41, 5.74) is 0. The summed E-state index contributed by atoms with van der Waals surface area (Å²) >= 11 is 5.61. The molecule has 82 valence electrons. The van der Waals surface area contributed by atoms with Crippen LogP contribution in [0.1, 0.15) is 13.3 Å². The number of rotatable bonds is 5. The van der Waals surface area contributed by atoms with Gasteiger partial charge in [-0.2, -0.15) is 0 Å². The molecule has 1 N–H and O–H groups in total. The zero-order valence-electron chi connectivity index (χ0n) is 8.36. The second kappa shape index (κ2) is 6.31. The third-order valence-electron chi connectivity index (χ3n) is 1.55. The van der Waals surface area contributed by atoms with Crippen LogP contribution in [0.5, 0.6) is 0 Å². The first-order valence-electron chi connectivity index (χ1n) is 4.57. The summed E-state index contributed by atoms with van der Waals surface area (Å²) in [4.78, 5) is 19.0. The first-order chi connectivity index (χ1) is 7.22. The van der Waals surface area contributed by atoms with Crippen molar-refractivity contribution in [3.05, 3.63) is 17.5 Å². The Labute approximate surface area is 92.8 Å². The smallest absolute Gasteiger partial charge is 0.227 e. The molecule has 0 aliphatic heterocycles.